The summed E-state index contributed by atoms with van der Waals surface area (Å²) in [4.78, 5) is 5.00. The number of unbranched alkanes of at least 4 members (excludes halogenated alkanes) is 2. The minimum absolute atomic E-state index is 0.0949. The van der Waals surface area contributed by atoms with Crippen molar-refractivity contribution in [1.29, 1.82) is 0 Å². The van der Waals surface area contributed by atoms with Crippen molar-refractivity contribution in [2.24, 2.45) is 4.99 Å². The van der Waals surface area contributed by atoms with Gasteiger partial charge in [-0.05, 0) is 43.7 Å². The molecular formula is C22H30NP. The van der Waals surface area contributed by atoms with E-state index in [9.17, 15) is 0 Å². The Kier molecular flexibility index (Phi) is 8.19. The van der Waals surface area contributed by atoms with Crippen molar-refractivity contribution >= 4 is 24.6 Å². The van der Waals surface area contributed by atoms with Gasteiger partial charge in [0.15, 0.2) is 0 Å². The highest BCUT2D eigenvalue weighted by molar-refractivity contribution is 7.65. The van der Waals surface area contributed by atoms with Crippen LogP contribution in [0.1, 0.15) is 52.0 Å². The third kappa shape index (κ3) is 5.56. The number of rotatable bonds is 9. The highest BCUT2D eigenvalue weighted by Gasteiger charge is 2.14. The summed E-state index contributed by atoms with van der Waals surface area (Å²) in [5.41, 5.74) is 3.49. The summed E-state index contributed by atoms with van der Waals surface area (Å²) in [7, 11) is -0.0949. The largest absolute Gasteiger partial charge is 0.252 e. The number of hydrogen-bond donors (Lipinski definition) is 0. The van der Waals surface area contributed by atoms with Crippen LogP contribution in [0.15, 0.2) is 59.6 Å². The van der Waals surface area contributed by atoms with E-state index >= 15 is 0 Å². The third-order valence-electron chi connectivity index (χ3n) is 4.27. The molecule has 0 saturated carbocycles. The molecule has 0 aliphatic heterocycles. The van der Waals surface area contributed by atoms with E-state index in [0.717, 1.165) is 5.71 Å². The summed E-state index contributed by atoms with van der Waals surface area (Å²) in [6, 6.07) is 19.3. The van der Waals surface area contributed by atoms with E-state index in [4.69, 9.17) is 4.99 Å². The highest BCUT2D eigenvalue weighted by atomic mass is 31.1. The fourth-order valence-electron chi connectivity index (χ4n) is 2.80. The molecule has 1 nitrogen and oxygen atoms in total. The molecular weight excluding hydrogens is 309 g/mol. The normalized spacial score (nSPS) is 11.9. The van der Waals surface area contributed by atoms with Crippen molar-refractivity contribution in [2.45, 2.75) is 46.5 Å². The van der Waals surface area contributed by atoms with Crippen molar-refractivity contribution in [1.82, 2.24) is 0 Å². The molecule has 0 aliphatic rings. The molecule has 0 fully saturated rings. The lowest BCUT2D eigenvalue weighted by Gasteiger charge is -2.20. The van der Waals surface area contributed by atoms with Crippen LogP contribution in [0.4, 0.5) is 5.69 Å². The summed E-state index contributed by atoms with van der Waals surface area (Å²) in [5.74, 6) is 0. The van der Waals surface area contributed by atoms with Crippen LogP contribution in [0.5, 0.6) is 0 Å². The molecule has 2 rings (SSSR count). The second kappa shape index (κ2) is 10.4. The van der Waals surface area contributed by atoms with Crippen LogP contribution in [-0.4, -0.2) is 18.0 Å². The molecule has 0 unspecified atom stereocenters. The van der Waals surface area contributed by atoms with Crippen LogP contribution in [0, 0.1) is 0 Å². The molecule has 2 heteroatoms. The van der Waals surface area contributed by atoms with Gasteiger partial charge in [0, 0.05) is 11.0 Å². The lowest BCUT2D eigenvalue weighted by Crippen LogP contribution is -2.08. The predicted octanol–water partition coefficient (Wildman–Crippen LogP) is 6.53. The van der Waals surface area contributed by atoms with Gasteiger partial charge in [0.05, 0.1) is 5.69 Å². The Labute approximate surface area is 149 Å². The average Bonchev–Trinajstić information content (AvgIpc) is 2.63. The van der Waals surface area contributed by atoms with Gasteiger partial charge in [-0.25, -0.2) is 0 Å². The van der Waals surface area contributed by atoms with Gasteiger partial charge in [0.2, 0.25) is 0 Å². The van der Waals surface area contributed by atoms with Crippen molar-refractivity contribution < 1.29 is 0 Å². The van der Waals surface area contributed by atoms with E-state index in [1.165, 1.54) is 54.6 Å². The van der Waals surface area contributed by atoms with E-state index in [1.807, 2.05) is 0 Å². The third-order valence-corrected chi connectivity index (χ3v) is 7.04. The van der Waals surface area contributed by atoms with Gasteiger partial charge in [-0.1, -0.05) is 83.1 Å². The van der Waals surface area contributed by atoms with Crippen LogP contribution < -0.4 is 5.30 Å². The minimum atomic E-state index is -0.0949. The zero-order valence-corrected chi connectivity index (χ0v) is 16.2. The first-order valence-electron chi connectivity index (χ1n) is 9.21. The first-order chi connectivity index (χ1) is 11.8. The quantitative estimate of drug-likeness (QED) is 0.363. The monoisotopic (exact) mass is 339 g/mol. The minimum Gasteiger partial charge on any atom is -0.252 e. The van der Waals surface area contributed by atoms with Crippen LogP contribution in [0.2, 0.25) is 0 Å². The molecule has 0 amide bonds. The standard InChI is InChI=1S/C22H30NP/c1-4-6-17-24(18-7-5-2)22-16-12-11-15-21(22)23-19(3)20-13-9-8-10-14-20/h8-16H,4-7,17-18H2,1-3H3. The van der Waals surface area contributed by atoms with Crippen molar-refractivity contribution in [3.05, 3.63) is 60.2 Å². The van der Waals surface area contributed by atoms with E-state index in [-0.39, 0.29) is 7.92 Å². The molecule has 0 aromatic heterocycles. The fourth-order valence-corrected chi connectivity index (χ4v) is 5.65. The van der Waals surface area contributed by atoms with E-state index < -0.39 is 0 Å². The lowest BCUT2D eigenvalue weighted by molar-refractivity contribution is 0.871. The maximum absolute atomic E-state index is 5.00. The van der Waals surface area contributed by atoms with E-state index in [0.29, 0.717) is 0 Å². The Morgan fingerprint density at radius 2 is 1.42 bits per heavy atom. The molecule has 0 saturated heterocycles. The SMILES string of the molecule is CCCCP(CCCC)c1ccccc1N=C(C)c1ccccc1. The Morgan fingerprint density at radius 1 is 0.833 bits per heavy atom. The molecule has 0 N–H and O–H groups in total. The van der Waals surface area contributed by atoms with Crippen LogP contribution in [0.3, 0.4) is 0 Å². The Balaban J connectivity index is 2.30. The van der Waals surface area contributed by atoms with Crippen LogP contribution in [0.25, 0.3) is 0 Å². The molecule has 0 radical (unpaired) electrons. The maximum Gasteiger partial charge on any atom is 0.0709 e. The van der Waals surface area contributed by atoms with Gasteiger partial charge in [-0.3, -0.25) is 4.99 Å². The first kappa shape index (κ1) is 18.9. The Hall–Kier alpha value is -1.46. The van der Waals surface area contributed by atoms with Crippen LogP contribution in [-0.2, 0) is 0 Å². The number of aliphatic imine (C=N–C) groups is 1. The summed E-state index contributed by atoms with van der Waals surface area (Å²) in [5, 5.41) is 1.49. The molecule has 2 aromatic carbocycles. The zero-order valence-electron chi connectivity index (χ0n) is 15.3. The topological polar surface area (TPSA) is 12.4 Å². The smallest absolute Gasteiger partial charge is 0.0709 e. The molecule has 0 aliphatic carbocycles. The van der Waals surface area contributed by atoms with Gasteiger partial charge in [-0.2, -0.15) is 0 Å². The molecule has 0 atom stereocenters. The summed E-state index contributed by atoms with van der Waals surface area (Å²) < 4.78 is 0. The average molecular weight is 339 g/mol. The first-order valence-corrected chi connectivity index (χ1v) is 10.9. The molecule has 0 spiro atoms. The number of benzene rings is 2. The highest BCUT2D eigenvalue weighted by Crippen LogP contribution is 2.40. The molecule has 2 aromatic rings. The molecule has 0 bridgehead atoms. The number of para-hydroxylation sites is 1. The predicted molar refractivity (Wildman–Crippen MR) is 111 cm³/mol. The fraction of sp³-hybridized carbons (Fsp3) is 0.409. The van der Waals surface area contributed by atoms with Gasteiger partial charge in [0.25, 0.3) is 0 Å². The Bertz CT molecular complexity index is 625. The second-order valence-electron chi connectivity index (χ2n) is 6.25. The van der Waals surface area contributed by atoms with Gasteiger partial charge in [-0.15, -0.1) is 0 Å². The van der Waals surface area contributed by atoms with Gasteiger partial charge >= 0.3 is 0 Å². The van der Waals surface area contributed by atoms with Gasteiger partial charge < -0.3 is 0 Å². The van der Waals surface area contributed by atoms with Gasteiger partial charge in [0.1, 0.15) is 0 Å². The van der Waals surface area contributed by atoms with E-state index in [1.54, 1.807) is 0 Å². The van der Waals surface area contributed by atoms with Crippen molar-refractivity contribution in [2.75, 3.05) is 12.3 Å². The zero-order chi connectivity index (χ0) is 17.2. The summed E-state index contributed by atoms with van der Waals surface area (Å²) >= 11 is 0. The second-order valence-corrected chi connectivity index (χ2v) is 8.70. The van der Waals surface area contributed by atoms with E-state index in [2.05, 4.69) is 75.4 Å². The lowest BCUT2D eigenvalue weighted by atomic mass is 10.1. The molecule has 128 valence electrons. The molecule has 24 heavy (non-hydrogen) atoms. The van der Waals surface area contributed by atoms with Crippen molar-refractivity contribution in [3.63, 3.8) is 0 Å². The number of nitrogens with zero attached hydrogens (tertiary/aromatic N) is 1. The maximum atomic E-state index is 5.00. The summed E-state index contributed by atoms with van der Waals surface area (Å²) in [6.45, 7) is 6.69. The molecule has 0 heterocycles. The summed E-state index contributed by atoms with van der Waals surface area (Å²) in [6.07, 6.45) is 7.88. The van der Waals surface area contributed by atoms with Crippen molar-refractivity contribution in [3.8, 4) is 0 Å². The van der Waals surface area contributed by atoms with Crippen LogP contribution >= 0.6 is 7.92 Å². The Morgan fingerprint density at radius 3 is 2.04 bits per heavy atom. The number of hydrogen-bond acceptors (Lipinski definition) is 1.